The average Bonchev–Trinajstić information content (AvgIpc) is 2.06. The summed E-state index contributed by atoms with van der Waals surface area (Å²) >= 11 is 0. The van der Waals surface area contributed by atoms with Crippen molar-refractivity contribution in [2.75, 3.05) is 13.2 Å². The molecule has 0 aromatic rings. The lowest BCUT2D eigenvalue weighted by molar-refractivity contribution is -0.139. The first-order valence-corrected chi connectivity index (χ1v) is 4.80. The Hall–Kier alpha value is -0.120. The Kier molecular flexibility index (Phi) is 8.88. The van der Waals surface area contributed by atoms with Crippen LogP contribution in [0.2, 0.25) is 0 Å². The molecule has 0 fully saturated rings. The van der Waals surface area contributed by atoms with Gasteiger partial charge >= 0.3 is 0 Å². The molecule has 0 spiro atoms. The summed E-state index contributed by atoms with van der Waals surface area (Å²) in [6.45, 7) is 5.63. The number of hydrogen-bond donors (Lipinski definition) is 1. The fourth-order valence-corrected chi connectivity index (χ4v) is 0.736. The molecule has 0 saturated carbocycles. The van der Waals surface area contributed by atoms with Crippen LogP contribution in [0.25, 0.3) is 0 Å². The molecule has 0 aromatic heterocycles. The van der Waals surface area contributed by atoms with Gasteiger partial charge in [0.15, 0.2) is 0 Å². The van der Waals surface area contributed by atoms with Gasteiger partial charge in [0.25, 0.3) is 0 Å². The third-order valence-corrected chi connectivity index (χ3v) is 1.56. The number of rotatable bonds is 8. The molecule has 0 aliphatic rings. The van der Waals surface area contributed by atoms with Gasteiger partial charge in [-0.3, -0.25) is 5.73 Å². The van der Waals surface area contributed by atoms with E-state index in [9.17, 15) is 0 Å². The van der Waals surface area contributed by atoms with Crippen LogP contribution in [-0.4, -0.2) is 19.6 Å². The van der Waals surface area contributed by atoms with E-state index in [1.54, 1.807) is 0 Å². The van der Waals surface area contributed by atoms with E-state index in [0.29, 0.717) is 13.2 Å². The quantitative estimate of drug-likeness (QED) is 0.452. The molecule has 0 atom stereocenters. The second-order valence-electron chi connectivity index (χ2n) is 2.82. The molecule has 0 saturated heterocycles. The van der Waals surface area contributed by atoms with Gasteiger partial charge in [-0.25, -0.2) is 0 Å². The van der Waals surface area contributed by atoms with E-state index in [2.05, 4.69) is 13.8 Å². The van der Waals surface area contributed by atoms with Crippen molar-refractivity contribution in [2.24, 2.45) is 5.73 Å². The van der Waals surface area contributed by atoms with Crippen molar-refractivity contribution in [3.63, 3.8) is 0 Å². The fourth-order valence-electron chi connectivity index (χ4n) is 0.736. The lowest BCUT2D eigenvalue weighted by Gasteiger charge is -2.12. The Morgan fingerprint density at radius 1 is 1.00 bits per heavy atom. The van der Waals surface area contributed by atoms with Crippen LogP contribution in [0.1, 0.15) is 39.5 Å². The predicted molar refractivity (Wildman–Crippen MR) is 49.7 cm³/mol. The zero-order chi connectivity index (χ0) is 9.23. The van der Waals surface area contributed by atoms with Gasteiger partial charge in [-0.15, -0.1) is 0 Å². The SMILES string of the molecule is CCCCOC(N)OCCCC. The van der Waals surface area contributed by atoms with Gasteiger partial charge < -0.3 is 9.47 Å². The second kappa shape index (κ2) is 8.97. The second-order valence-corrected chi connectivity index (χ2v) is 2.82. The Balaban J connectivity index is 3.04. The van der Waals surface area contributed by atoms with Crippen molar-refractivity contribution in [3.05, 3.63) is 0 Å². The molecule has 0 radical (unpaired) electrons. The molecule has 12 heavy (non-hydrogen) atoms. The molecule has 0 aliphatic carbocycles. The monoisotopic (exact) mass is 175 g/mol. The molecule has 0 bridgehead atoms. The maximum Gasteiger partial charge on any atom is 0.213 e. The van der Waals surface area contributed by atoms with Crippen molar-refractivity contribution < 1.29 is 9.47 Å². The van der Waals surface area contributed by atoms with Gasteiger partial charge in [0.2, 0.25) is 6.41 Å². The van der Waals surface area contributed by atoms with Crippen LogP contribution in [0.5, 0.6) is 0 Å². The highest BCUT2D eigenvalue weighted by molar-refractivity contribution is 4.36. The molecule has 0 heterocycles. The zero-order valence-electron chi connectivity index (χ0n) is 8.21. The first-order chi connectivity index (χ1) is 5.81. The fraction of sp³-hybridized carbons (Fsp3) is 1.00. The summed E-state index contributed by atoms with van der Waals surface area (Å²) in [6, 6.07) is 0. The van der Waals surface area contributed by atoms with E-state index < -0.39 is 6.41 Å². The van der Waals surface area contributed by atoms with Gasteiger partial charge in [0, 0.05) is 0 Å². The highest BCUT2D eigenvalue weighted by Gasteiger charge is 1.99. The topological polar surface area (TPSA) is 44.5 Å². The van der Waals surface area contributed by atoms with Gasteiger partial charge in [-0.2, -0.15) is 0 Å². The van der Waals surface area contributed by atoms with Crippen LogP contribution >= 0.6 is 0 Å². The van der Waals surface area contributed by atoms with Gasteiger partial charge in [0.1, 0.15) is 0 Å². The molecule has 0 unspecified atom stereocenters. The normalized spacial score (nSPS) is 11.0. The molecule has 3 nitrogen and oxygen atoms in total. The Morgan fingerprint density at radius 3 is 1.75 bits per heavy atom. The smallest absolute Gasteiger partial charge is 0.213 e. The van der Waals surface area contributed by atoms with Crippen LogP contribution in [0.4, 0.5) is 0 Å². The minimum absolute atomic E-state index is 0.525. The molecule has 0 aliphatic heterocycles. The number of nitrogens with two attached hydrogens (primary N) is 1. The average molecular weight is 175 g/mol. The summed E-state index contributed by atoms with van der Waals surface area (Å²) in [5, 5.41) is 0. The minimum Gasteiger partial charge on any atom is -0.340 e. The summed E-state index contributed by atoms with van der Waals surface area (Å²) in [7, 11) is 0. The van der Waals surface area contributed by atoms with Crippen molar-refractivity contribution in [3.8, 4) is 0 Å². The number of unbranched alkanes of at least 4 members (excludes halogenated alkanes) is 2. The van der Waals surface area contributed by atoms with E-state index in [1.165, 1.54) is 0 Å². The molecule has 2 N–H and O–H groups in total. The largest absolute Gasteiger partial charge is 0.340 e. The summed E-state index contributed by atoms with van der Waals surface area (Å²) in [5.74, 6) is 0. The Bertz CT molecular complexity index is 78.6. The molecule has 74 valence electrons. The summed E-state index contributed by atoms with van der Waals surface area (Å²) in [4.78, 5) is 0. The molecule has 0 rings (SSSR count). The Morgan fingerprint density at radius 2 is 1.42 bits per heavy atom. The van der Waals surface area contributed by atoms with Gasteiger partial charge in [-0.05, 0) is 12.8 Å². The van der Waals surface area contributed by atoms with E-state index >= 15 is 0 Å². The lowest BCUT2D eigenvalue weighted by atomic mass is 10.4. The summed E-state index contributed by atoms with van der Waals surface area (Å²) < 4.78 is 10.4. The van der Waals surface area contributed by atoms with E-state index in [1.807, 2.05) is 0 Å². The number of hydrogen-bond acceptors (Lipinski definition) is 3. The molecule has 0 amide bonds. The third-order valence-electron chi connectivity index (χ3n) is 1.56. The van der Waals surface area contributed by atoms with Crippen LogP contribution in [0, 0.1) is 0 Å². The standard InChI is InChI=1S/C9H21NO2/c1-3-5-7-11-9(10)12-8-6-4-2/h9H,3-8,10H2,1-2H3. The lowest BCUT2D eigenvalue weighted by Crippen LogP contribution is -2.28. The van der Waals surface area contributed by atoms with Crippen LogP contribution in [-0.2, 0) is 9.47 Å². The van der Waals surface area contributed by atoms with Crippen molar-refractivity contribution >= 4 is 0 Å². The molecule has 0 aromatic carbocycles. The summed E-state index contributed by atoms with van der Waals surface area (Å²) in [5.41, 5.74) is 5.51. The maximum atomic E-state index is 5.51. The molecular formula is C9H21NO2. The van der Waals surface area contributed by atoms with Crippen LogP contribution < -0.4 is 5.73 Å². The first kappa shape index (κ1) is 11.9. The van der Waals surface area contributed by atoms with E-state index in [0.717, 1.165) is 25.7 Å². The third kappa shape index (κ3) is 7.98. The van der Waals surface area contributed by atoms with Gasteiger partial charge in [-0.1, -0.05) is 26.7 Å². The van der Waals surface area contributed by atoms with E-state index in [4.69, 9.17) is 15.2 Å². The predicted octanol–water partition coefficient (Wildman–Crippen LogP) is 1.86. The molecular weight excluding hydrogens is 154 g/mol. The van der Waals surface area contributed by atoms with Crippen molar-refractivity contribution in [1.29, 1.82) is 0 Å². The van der Waals surface area contributed by atoms with Crippen molar-refractivity contribution in [1.82, 2.24) is 0 Å². The maximum absolute atomic E-state index is 5.51. The van der Waals surface area contributed by atoms with E-state index in [-0.39, 0.29) is 0 Å². The van der Waals surface area contributed by atoms with Crippen LogP contribution in [0.15, 0.2) is 0 Å². The Labute approximate surface area is 75.2 Å². The van der Waals surface area contributed by atoms with Gasteiger partial charge in [0.05, 0.1) is 13.2 Å². The highest BCUT2D eigenvalue weighted by Crippen LogP contribution is 1.94. The number of ether oxygens (including phenoxy) is 2. The zero-order valence-corrected chi connectivity index (χ0v) is 8.21. The summed E-state index contributed by atoms with van der Waals surface area (Å²) in [6.07, 6.45) is 3.82. The first-order valence-electron chi connectivity index (χ1n) is 4.80. The van der Waals surface area contributed by atoms with Crippen LogP contribution in [0.3, 0.4) is 0 Å². The minimum atomic E-state index is -0.525. The van der Waals surface area contributed by atoms with Crippen molar-refractivity contribution in [2.45, 2.75) is 45.9 Å². The highest BCUT2D eigenvalue weighted by atomic mass is 16.7. The molecule has 3 heteroatoms.